The van der Waals surface area contributed by atoms with Gasteiger partial charge in [0.15, 0.2) is 0 Å². The van der Waals surface area contributed by atoms with Gasteiger partial charge in [-0.05, 0) is 45.4 Å². The Morgan fingerprint density at radius 2 is 1.96 bits per heavy atom. The average molecular weight is 373 g/mol. The molecular formula is C16H21ClN2O4S. The summed E-state index contributed by atoms with van der Waals surface area (Å²) in [5.74, 6) is 0. The second kappa shape index (κ2) is 5.89. The molecule has 6 nitrogen and oxygen atoms in total. The molecule has 1 aromatic rings. The van der Waals surface area contributed by atoms with E-state index in [0.29, 0.717) is 24.5 Å². The minimum Gasteiger partial charge on any atom is -0.444 e. The number of hydrogen-bond donors (Lipinski definition) is 0. The maximum Gasteiger partial charge on any atom is 0.410 e. The Balaban J connectivity index is 1.75. The van der Waals surface area contributed by atoms with Crippen molar-refractivity contribution < 1.29 is 17.9 Å². The molecule has 2 unspecified atom stereocenters. The highest BCUT2D eigenvalue weighted by Gasteiger charge is 2.50. The van der Waals surface area contributed by atoms with Crippen LogP contribution in [0.25, 0.3) is 0 Å². The van der Waals surface area contributed by atoms with E-state index in [0.717, 1.165) is 0 Å². The van der Waals surface area contributed by atoms with Crippen molar-refractivity contribution in [2.75, 3.05) is 13.1 Å². The summed E-state index contributed by atoms with van der Waals surface area (Å²) in [6.45, 7) is 6.09. The third-order valence-electron chi connectivity index (χ3n) is 4.22. The van der Waals surface area contributed by atoms with Crippen molar-refractivity contribution in [1.82, 2.24) is 9.21 Å². The molecule has 2 bridgehead atoms. The highest BCUT2D eigenvalue weighted by atomic mass is 35.5. The summed E-state index contributed by atoms with van der Waals surface area (Å²) >= 11 is 5.91. The van der Waals surface area contributed by atoms with Crippen LogP contribution in [0, 0.1) is 0 Å². The molecule has 2 saturated heterocycles. The third-order valence-corrected chi connectivity index (χ3v) is 6.37. The number of halogens is 1. The molecule has 8 heteroatoms. The Morgan fingerprint density at radius 1 is 1.25 bits per heavy atom. The fraction of sp³-hybridized carbons (Fsp3) is 0.562. The first-order chi connectivity index (χ1) is 11.1. The summed E-state index contributed by atoms with van der Waals surface area (Å²) in [5, 5.41) is 0.385. The highest BCUT2D eigenvalue weighted by Crippen LogP contribution is 2.36. The van der Waals surface area contributed by atoms with Gasteiger partial charge in [0, 0.05) is 24.2 Å². The Labute approximate surface area is 147 Å². The van der Waals surface area contributed by atoms with E-state index in [2.05, 4.69) is 0 Å². The van der Waals surface area contributed by atoms with Crippen LogP contribution in [0.4, 0.5) is 4.79 Å². The molecule has 0 radical (unpaired) electrons. The van der Waals surface area contributed by atoms with Gasteiger partial charge < -0.3 is 9.64 Å². The smallest absolute Gasteiger partial charge is 0.410 e. The largest absolute Gasteiger partial charge is 0.444 e. The predicted octanol–water partition coefficient (Wildman–Crippen LogP) is 2.72. The first-order valence-electron chi connectivity index (χ1n) is 7.85. The van der Waals surface area contributed by atoms with Crippen molar-refractivity contribution in [2.45, 2.75) is 49.8 Å². The van der Waals surface area contributed by atoms with Gasteiger partial charge in [0.05, 0.1) is 10.9 Å². The molecule has 2 aliphatic heterocycles. The number of rotatable bonds is 2. The Kier molecular flexibility index (Phi) is 4.30. The number of nitrogens with zero attached hydrogens (tertiary/aromatic N) is 2. The number of fused-ring (bicyclic) bond motifs is 2. The van der Waals surface area contributed by atoms with Crippen molar-refractivity contribution in [1.29, 1.82) is 0 Å². The van der Waals surface area contributed by atoms with E-state index < -0.39 is 15.6 Å². The van der Waals surface area contributed by atoms with Gasteiger partial charge in [0.2, 0.25) is 10.0 Å². The van der Waals surface area contributed by atoms with Gasteiger partial charge in [0.1, 0.15) is 5.60 Å². The molecule has 24 heavy (non-hydrogen) atoms. The molecule has 2 fully saturated rings. The van der Waals surface area contributed by atoms with Gasteiger partial charge in [-0.1, -0.05) is 17.7 Å². The standard InChI is InChI=1S/C16H21ClN2O4S/c1-16(2,3)23-15(20)18-9-13-8-12(18)10-19(13)24(21,22)14-6-4-5-11(17)7-14/h4-7,12-13H,8-10H2,1-3H3. The number of benzene rings is 1. The second-order valence-corrected chi connectivity index (χ2v) is 9.54. The van der Waals surface area contributed by atoms with Crippen molar-refractivity contribution in [3.8, 4) is 0 Å². The molecule has 0 N–H and O–H groups in total. The minimum atomic E-state index is -3.61. The normalized spacial score (nSPS) is 24.4. The average Bonchev–Trinajstić information content (AvgIpc) is 3.05. The zero-order chi connectivity index (χ0) is 17.7. The van der Waals surface area contributed by atoms with Crippen LogP contribution in [0.2, 0.25) is 5.02 Å². The topological polar surface area (TPSA) is 66.9 Å². The van der Waals surface area contributed by atoms with E-state index >= 15 is 0 Å². The third kappa shape index (κ3) is 3.25. The molecular weight excluding hydrogens is 352 g/mol. The summed E-state index contributed by atoms with van der Waals surface area (Å²) in [5.41, 5.74) is -0.564. The lowest BCUT2D eigenvalue weighted by atomic mass is 10.2. The van der Waals surface area contributed by atoms with E-state index in [-0.39, 0.29) is 23.1 Å². The van der Waals surface area contributed by atoms with Crippen LogP contribution in [0.3, 0.4) is 0 Å². The fourth-order valence-electron chi connectivity index (χ4n) is 3.23. The van der Waals surface area contributed by atoms with Gasteiger partial charge in [-0.3, -0.25) is 0 Å². The van der Waals surface area contributed by atoms with Gasteiger partial charge in [-0.2, -0.15) is 4.31 Å². The molecule has 132 valence electrons. The Hall–Kier alpha value is -1.31. The van der Waals surface area contributed by atoms with E-state index in [1.165, 1.54) is 10.4 Å². The van der Waals surface area contributed by atoms with Crippen LogP contribution in [0.5, 0.6) is 0 Å². The van der Waals surface area contributed by atoms with Crippen LogP contribution >= 0.6 is 11.6 Å². The lowest BCUT2D eigenvalue weighted by molar-refractivity contribution is 0.0173. The number of ether oxygens (including phenoxy) is 1. The van der Waals surface area contributed by atoms with Gasteiger partial charge >= 0.3 is 6.09 Å². The number of sulfonamides is 1. The molecule has 2 aliphatic rings. The Morgan fingerprint density at radius 3 is 2.50 bits per heavy atom. The molecule has 0 saturated carbocycles. The summed E-state index contributed by atoms with van der Waals surface area (Å²) in [6.07, 6.45) is 0.258. The quantitative estimate of drug-likeness (QED) is 0.800. The molecule has 2 atom stereocenters. The summed E-state index contributed by atoms with van der Waals surface area (Å²) in [4.78, 5) is 14.1. The van der Waals surface area contributed by atoms with E-state index in [1.54, 1.807) is 23.1 Å². The number of amides is 1. The fourth-order valence-corrected chi connectivity index (χ4v) is 5.20. The SMILES string of the molecule is CC(C)(C)OC(=O)N1CC2CC1CN2S(=O)(=O)c1cccc(Cl)c1. The number of piperazine rings is 1. The predicted molar refractivity (Wildman–Crippen MR) is 90.5 cm³/mol. The number of carbonyl (C=O) groups excluding carboxylic acids is 1. The van der Waals surface area contributed by atoms with Crippen LogP contribution in [-0.2, 0) is 14.8 Å². The van der Waals surface area contributed by atoms with Gasteiger partial charge in [-0.15, -0.1) is 0 Å². The minimum absolute atomic E-state index is 0.140. The van der Waals surface area contributed by atoms with Crippen molar-refractivity contribution in [3.05, 3.63) is 29.3 Å². The molecule has 0 aromatic heterocycles. The molecule has 0 spiro atoms. The van der Waals surface area contributed by atoms with Crippen LogP contribution in [0.15, 0.2) is 29.2 Å². The first kappa shape index (κ1) is 17.5. The van der Waals surface area contributed by atoms with Crippen LogP contribution in [-0.4, -0.2) is 54.5 Å². The van der Waals surface area contributed by atoms with E-state index in [9.17, 15) is 13.2 Å². The van der Waals surface area contributed by atoms with Crippen LogP contribution in [0.1, 0.15) is 27.2 Å². The van der Waals surface area contributed by atoms with E-state index in [4.69, 9.17) is 16.3 Å². The highest BCUT2D eigenvalue weighted by molar-refractivity contribution is 7.89. The maximum absolute atomic E-state index is 12.8. The first-order valence-corrected chi connectivity index (χ1v) is 9.67. The number of likely N-dealkylation sites (tertiary alicyclic amines) is 1. The van der Waals surface area contributed by atoms with Crippen molar-refractivity contribution in [3.63, 3.8) is 0 Å². The van der Waals surface area contributed by atoms with Gasteiger partial charge in [-0.25, -0.2) is 13.2 Å². The molecule has 0 aliphatic carbocycles. The lowest BCUT2D eigenvalue weighted by Crippen LogP contribution is -2.51. The zero-order valence-corrected chi connectivity index (χ0v) is 15.5. The molecule has 1 amide bonds. The summed E-state index contributed by atoms with van der Waals surface area (Å²) in [6, 6.07) is 5.90. The molecule has 1 aromatic carbocycles. The lowest BCUT2D eigenvalue weighted by Gasteiger charge is -2.34. The van der Waals surface area contributed by atoms with Crippen LogP contribution < -0.4 is 0 Å². The Bertz CT molecular complexity index is 760. The number of carbonyl (C=O) groups is 1. The summed E-state index contributed by atoms with van der Waals surface area (Å²) in [7, 11) is -3.61. The molecule has 2 heterocycles. The number of hydrogen-bond acceptors (Lipinski definition) is 4. The summed E-state index contributed by atoms with van der Waals surface area (Å²) < 4.78 is 32.5. The van der Waals surface area contributed by atoms with Gasteiger partial charge in [0.25, 0.3) is 0 Å². The zero-order valence-electron chi connectivity index (χ0n) is 13.9. The van der Waals surface area contributed by atoms with Crippen molar-refractivity contribution >= 4 is 27.7 Å². The van der Waals surface area contributed by atoms with E-state index in [1.807, 2.05) is 20.8 Å². The monoisotopic (exact) mass is 372 g/mol. The second-order valence-electron chi connectivity index (χ2n) is 7.21. The maximum atomic E-state index is 12.8. The van der Waals surface area contributed by atoms with Crippen molar-refractivity contribution in [2.24, 2.45) is 0 Å². The molecule has 3 rings (SSSR count).